The van der Waals surface area contributed by atoms with Crippen molar-refractivity contribution in [2.75, 3.05) is 5.32 Å². The van der Waals surface area contributed by atoms with Crippen LogP contribution in [0, 0.1) is 25.2 Å². The normalized spacial score (nSPS) is 9.90. The highest BCUT2D eigenvalue weighted by Gasteiger charge is 2.11. The summed E-state index contributed by atoms with van der Waals surface area (Å²) >= 11 is 4.25. The lowest BCUT2D eigenvalue weighted by Gasteiger charge is -2.11. The lowest BCUT2D eigenvalue weighted by Crippen LogP contribution is -2.14. The number of thiol groups is 1. The Bertz CT molecular complexity index is 717. The summed E-state index contributed by atoms with van der Waals surface area (Å²) in [6.45, 7) is 3.76. The van der Waals surface area contributed by atoms with Crippen molar-refractivity contribution in [3.05, 3.63) is 58.7 Å². The Morgan fingerprint density at radius 1 is 1.15 bits per heavy atom. The minimum Gasteiger partial charge on any atom is -0.322 e. The van der Waals surface area contributed by atoms with E-state index in [9.17, 15) is 4.79 Å². The van der Waals surface area contributed by atoms with Gasteiger partial charge in [0.25, 0.3) is 5.91 Å². The number of nitrogens with one attached hydrogen (secondary N) is 1. The lowest BCUT2D eigenvalue weighted by atomic mass is 10.1. The van der Waals surface area contributed by atoms with Crippen LogP contribution in [0.1, 0.15) is 27.0 Å². The second-order valence-corrected chi connectivity index (χ2v) is 5.11. The van der Waals surface area contributed by atoms with E-state index in [1.165, 1.54) is 0 Å². The predicted molar refractivity (Wildman–Crippen MR) is 82.3 cm³/mol. The van der Waals surface area contributed by atoms with E-state index in [2.05, 4.69) is 24.0 Å². The quantitative estimate of drug-likeness (QED) is 0.825. The molecule has 0 spiro atoms. The fraction of sp³-hybridized carbons (Fsp3) is 0.125. The number of carbonyl (C=O) groups excluding carboxylic acids is 1. The Kier molecular flexibility index (Phi) is 4.11. The average molecular weight is 282 g/mol. The molecule has 0 saturated heterocycles. The van der Waals surface area contributed by atoms with E-state index < -0.39 is 0 Å². The minimum absolute atomic E-state index is 0.198. The molecule has 0 bridgehead atoms. The molecule has 0 aliphatic heterocycles. The standard InChI is InChI=1S/C16H14N2OS/c1-10-4-6-13(20)8-14(10)16(19)18-15-7-12(9-17)5-3-11(15)2/h3-8,20H,1-2H3,(H,18,19). The second kappa shape index (κ2) is 5.81. The molecule has 2 aromatic carbocycles. The first kappa shape index (κ1) is 14.2. The van der Waals surface area contributed by atoms with Gasteiger partial charge in [0.15, 0.2) is 0 Å². The first-order chi connectivity index (χ1) is 9.51. The van der Waals surface area contributed by atoms with E-state index in [0.29, 0.717) is 16.8 Å². The largest absolute Gasteiger partial charge is 0.322 e. The molecule has 0 aromatic heterocycles. The zero-order valence-corrected chi connectivity index (χ0v) is 12.2. The molecule has 1 N–H and O–H groups in total. The maximum atomic E-state index is 12.3. The summed E-state index contributed by atoms with van der Waals surface area (Å²) in [7, 11) is 0. The molecule has 0 heterocycles. The topological polar surface area (TPSA) is 52.9 Å². The van der Waals surface area contributed by atoms with Crippen LogP contribution in [0.15, 0.2) is 41.3 Å². The molecule has 0 aliphatic rings. The van der Waals surface area contributed by atoms with Crippen LogP contribution in [0.5, 0.6) is 0 Å². The molecular weight excluding hydrogens is 268 g/mol. The molecular formula is C16H14N2OS. The third-order valence-corrected chi connectivity index (χ3v) is 3.36. The maximum Gasteiger partial charge on any atom is 0.255 e. The lowest BCUT2D eigenvalue weighted by molar-refractivity contribution is 0.102. The summed E-state index contributed by atoms with van der Waals surface area (Å²) < 4.78 is 0. The van der Waals surface area contributed by atoms with Crippen LogP contribution >= 0.6 is 12.6 Å². The van der Waals surface area contributed by atoms with Crippen molar-refractivity contribution >= 4 is 24.2 Å². The van der Waals surface area contributed by atoms with Gasteiger partial charge < -0.3 is 5.32 Å². The van der Waals surface area contributed by atoms with Crippen molar-refractivity contribution in [3.63, 3.8) is 0 Å². The number of benzene rings is 2. The maximum absolute atomic E-state index is 12.3. The Morgan fingerprint density at radius 2 is 1.85 bits per heavy atom. The van der Waals surface area contributed by atoms with Crippen LogP contribution in [-0.4, -0.2) is 5.91 Å². The molecule has 4 heteroatoms. The van der Waals surface area contributed by atoms with E-state index in [0.717, 1.165) is 16.0 Å². The van der Waals surface area contributed by atoms with Gasteiger partial charge in [-0.2, -0.15) is 5.26 Å². The van der Waals surface area contributed by atoms with Crippen molar-refractivity contribution in [2.45, 2.75) is 18.7 Å². The number of amides is 1. The minimum atomic E-state index is -0.198. The molecule has 0 saturated carbocycles. The van der Waals surface area contributed by atoms with Crippen molar-refractivity contribution in [2.24, 2.45) is 0 Å². The summed E-state index contributed by atoms with van der Waals surface area (Å²) in [5.41, 5.74) is 3.55. The SMILES string of the molecule is Cc1ccc(C#N)cc1NC(=O)c1cc(S)ccc1C. The molecule has 2 aromatic rings. The Hall–Kier alpha value is -2.25. The van der Waals surface area contributed by atoms with Crippen LogP contribution in [0.25, 0.3) is 0 Å². The molecule has 0 fully saturated rings. The van der Waals surface area contributed by atoms with Gasteiger partial charge in [0, 0.05) is 16.1 Å². The molecule has 20 heavy (non-hydrogen) atoms. The number of hydrogen-bond acceptors (Lipinski definition) is 3. The van der Waals surface area contributed by atoms with Crippen molar-refractivity contribution < 1.29 is 4.79 Å². The van der Waals surface area contributed by atoms with Crippen molar-refractivity contribution in [3.8, 4) is 6.07 Å². The summed E-state index contributed by atoms with van der Waals surface area (Å²) in [6, 6.07) is 12.7. The highest BCUT2D eigenvalue weighted by atomic mass is 32.1. The van der Waals surface area contributed by atoms with Gasteiger partial charge in [-0.1, -0.05) is 12.1 Å². The number of hydrogen-bond donors (Lipinski definition) is 2. The first-order valence-corrected chi connectivity index (χ1v) is 6.57. The van der Waals surface area contributed by atoms with Crippen LogP contribution in [-0.2, 0) is 0 Å². The van der Waals surface area contributed by atoms with E-state index >= 15 is 0 Å². The Labute approximate surface area is 123 Å². The Balaban J connectivity index is 2.33. The number of rotatable bonds is 2. The van der Waals surface area contributed by atoms with Crippen LogP contribution in [0.4, 0.5) is 5.69 Å². The summed E-state index contributed by atoms with van der Waals surface area (Å²) in [5, 5.41) is 11.8. The Morgan fingerprint density at radius 3 is 2.55 bits per heavy atom. The molecule has 0 atom stereocenters. The molecule has 0 radical (unpaired) electrons. The van der Waals surface area contributed by atoms with Crippen molar-refractivity contribution in [1.29, 1.82) is 5.26 Å². The number of aryl methyl sites for hydroxylation is 2. The fourth-order valence-corrected chi connectivity index (χ4v) is 2.07. The summed E-state index contributed by atoms with van der Waals surface area (Å²) in [6.07, 6.45) is 0. The van der Waals surface area contributed by atoms with Crippen LogP contribution < -0.4 is 5.32 Å². The van der Waals surface area contributed by atoms with Crippen LogP contribution in [0.3, 0.4) is 0 Å². The molecule has 1 amide bonds. The number of carbonyl (C=O) groups is 1. The predicted octanol–water partition coefficient (Wildman–Crippen LogP) is 3.72. The molecule has 0 unspecified atom stereocenters. The van der Waals surface area contributed by atoms with Gasteiger partial charge in [-0.3, -0.25) is 4.79 Å². The number of nitrogens with zero attached hydrogens (tertiary/aromatic N) is 1. The van der Waals surface area contributed by atoms with Crippen molar-refractivity contribution in [1.82, 2.24) is 0 Å². The van der Waals surface area contributed by atoms with Gasteiger partial charge in [0.05, 0.1) is 11.6 Å². The smallest absolute Gasteiger partial charge is 0.255 e. The molecule has 100 valence electrons. The summed E-state index contributed by atoms with van der Waals surface area (Å²) in [5.74, 6) is -0.198. The van der Waals surface area contributed by atoms with Gasteiger partial charge >= 0.3 is 0 Å². The van der Waals surface area contributed by atoms with Gasteiger partial charge in [0.1, 0.15) is 0 Å². The zero-order valence-electron chi connectivity index (χ0n) is 11.3. The second-order valence-electron chi connectivity index (χ2n) is 4.59. The van der Waals surface area contributed by atoms with Gasteiger partial charge in [0.2, 0.25) is 0 Å². The van der Waals surface area contributed by atoms with Gasteiger partial charge in [-0.05, 0) is 49.2 Å². The van der Waals surface area contributed by atoms with E-state index in [-0.39, 0.29) is 5.91 Å². The van der Waals surface area contributed by atoms with Gasteiger partial charge in [-0.15, -0.1) is 12.6 Å². The monoisotopic (exact) mass is 282 g/mol. The third-order valence-electron chi connectivity index (χ3n) is 3.08. The fourth-order valence-electron chi connectivity index (χ4n) is 1.87. The molecule has 2 rings (SSSR count). The highest BCUT2D eigenvalue weighted by molar-refractivity contribution is 7.80. The first-order valence-electron chi connectivity index (χ1n) is 6.13. The zero-order chi connectivity index (χ0) is 14.7. The number of nitriles is 1. The van der Waals surface area contributed by atoms with Crippen LogP contribution in [0.2, 0.25) is 0 Å². The number of anilines is 1. The highest BCUT2D eigenvalue weighted by Crippen LogP contribution is 2.20. The van der Waals surface area contributed by atoms with Gasteiger partial charge in [-0.25, -0.2) is 0 Å². The van der Waals surface area contributed by atoms with E-state index in [1.807, 2.05) is 32.0 Å². The van der Waals surface area contributed by atoms with E-state index in [4.69, 9.17) is 5.26 Å². The average Bonchev–Trinajstić information content (AvgIpc) is 2.43. The summed E-state index contributed by atoms with van der Waals surface area (Å²) in [4.78, 5) is 13.1. The van der Waals surface area contributed by atoms with E-state index in [1.54, 1.807) is 18.2 Å². The molecule has 3 nitrogen and oxygen atoms in total. The third kappa shape index (κ3) is 3.01. The molecule has 0 aliphatic carbocycles.